The van der Waals surface area contributed by atoms with Crippen molar-refractivity contribution >= 4 is 43.8 Å². The van der Waals surface area contributed by atoms with E-state index in [2.05, 4.69) is 26.0 Å². The van der Waals surface area contributed by atoms with E-state index < -0.39 is 0 Å². The number of halogens is 2. The highest BCUT2D eigenvalue weighted by Crippen LogP contribution is 2.24. The van der Waals surface area contributed by atoms with Gasteiger partial charge in [0, 0.05) is 16.6 Å². The van der Waals surface area contributed by atoms with Gasteiger partial charge >= 0.3 is 0 Å². The first-order chi connectivity index (χ1) is 9.45. The van der Waals surface area contributed by atoms with E-state index in [0.717, 1.165) is 15.2 Å². The molecular formula is C12H10BrClN4OS. The highest BCUT2D eigenvalue weighted by atomic mass is 79.9. The average molecular weight is 374 g/mol. The van der Waals surface area contributed by atoms with Gasteiger partial charge in [-0.3, -0.25) is 9.48 Å². The van der Waals surface area contributed by atoms with Crippen LogP contribution in [-0.2, 0) is 6.54 Å². The van der Waals surface area contributed by atoms with E-state index in [4.69, 9.17) is 11.6 Å². The van der Waals surface area contributed by atoms with Crippen molar-refractivity contribution in [2.75, 3.05) is 0 Å². The van der Waals surface area contributed by atoms with Gasteiger partial charge in [0.2, 0.25) is 0 Å². The minimum Gasteiger partial charge on any atom is -0.269 e. The van der Waals surface area contributed by atoms with Crippen LogP contribution in [-0.4, -0.2) is 19.2 Å². The normalized spacial score (nSPS) is 11.4. The molecule has 5 nitrogen and oxygen atoms in total. The van der Waals surface area contributed by atoms with Gasteiger partial charge in [0.1, 0.15) is 4.60 Å². The molecule has 0 radical (unpaired) electrons. The predicted molar refractivity (Wildman–Crippen MR) is 82.9 cm³/mol. The molecule has 3 heterocycles. The Kier molecular flexibility index (Phi) is 3.43. The number of hydrogen-bond donors (Lipinski definition) is 0. The summed E-state index contributed by atoms with van der Waals surface area (Å²) in [6.45, 7) is 4.29. The van der Waals surface area contributed by atoms with Crippen LogP contribution in [0.3, 0.4) is 0 Å². The van der Waals surface area contributed by atoms with Gasteiger partial charge in [-0.2, -0.15) is 5.10 Å². The molecule has 0 unspecified atom stereocenters. The molecule has 0 bridgehead atoms. The first-order valence-electron chi connectivity index (χ1n) is 5.83. The lowest BCUT2D eigenvalue weighted by molar-refractivity contribution is 0.652. The summed E-state index contributed by atoms with van der Waals surface area (Å²) >= 11 is 10.7. The molecule has 8 heteroatoms. The van der Waals surface area contributed by atoms with E-state index in [0.29, 0.717) is 22.4 Å². The van der Waals surface area contributed by atoms with Crippen LogP contribution in [0.25, 0.3) is 4.96 Å². The van der Waals surface area contributed by atoms with Gasteiger partial charge in [-0.25, -0.2) is 9.38 Å². The minimum atomic E-state index is -0.0999. The Balaban J connectivity index is 2.09. The number of thiazole rings is 1. The third kappa shape index (κ3) is 2.30. The second kappa shape index (κ2) is 4.98. The zero-order valence-corrected chi connectivity index (χ0v) is 13.9. The monoisotopic (exact) mass is 372 g/mol. The molecular weight excluding hydrogens is 364 g/mol. The van der Waals surface area contributed by atoms with Crippen molar-refractivity contribution in [3.05, 3.63) is 48.5 Å². The third-order valence-electron chi connectivity index (χ3n) is 2.94. The quantitative estimate of drug-likeness (QED) is 0.694. The summed E-state index contributed by atoms with van der Waals surface area (Å²) in [7, 11) is 0. The maximum atomic E-state index is 12.2. The lowest BCUT2D eigenvalue weighted by Gasteiger charge is -2.04. The second-order valence-electron chi connectivity index (χ2n) is 4.42. The van der Waals surface area contributed by atoms with Crippen molar-refractivity contribution in [3.8, 4) is 0 Å². The summed E-state index contributed by atoms with van der Waals surface area (Å²) in [5.41, 5.74) is 1.50. The molecule has 0 saturated heterocycles. The zero-order chi connectivity index (χ0) is 14.4. The van der Waals surface area contributed by atoms with Crippen molar-refractivity contribution < 1.29 is 0 Å². The molecule has 0 aliphatic heterocycles. The molecule has 20 heavy (non-hydrogen) atoms. The van der Waals surface area contributed by atoms with E-state index in [9.17, 15) is 4.79 Å². The zero-order valence-electron chi connectivity index (χ0n) is 10.7. The first-order valence-corrected chi connectivity index (χ1v) is 7.82. The fourth-order valence-electron chi connectivity index (χ4n) is 1.96. The molecule has 104 valence electrons. The summed E-state index contributed by atoms with van der Waals surface area (Å²) in [6.07, 6.45) is 0. The third-order valence-corrected chi connectivity index (χ3v) is 5.29. The average Bonchev–Trinajstić information content (AvgIpc) is 2.80. The summed E-state index contributed by atoms with van der Waals surface area (Å²) in [4.78, 5) is 18.4. The van der Waals surface area contributed by atoms with Crippen LogP contribution < -0.4 is 5.56 Å². The van der Waals surface area contributed by atoms with Crippen LogP contribution in [0.15, 0.2) is 21.5 Å². The van der Waals surface area contributed by atoms with Gasteiger partial charge in [-0.1, -0.05) is 11.6 Å². The molecule has 3 aromatic heterocycles. The molecule has 0 saturated carbocycles. The van der Waals surface area contributed by atoms with E-state index in [1.165, 1.54) is 17.4 Å². The SMILES string of the molecule is Cc1sc2nc(Cn3nc(Cl)cc3C)cc(=O)n2c1Br. The van der Waals surface area contributed by atoms with Gasteiger partial charge in [0.05, 0.1) is 12.2 Å². The van der Waals surface area contributed by atoms with Crippen LogP contribution in [0.2, 0.25) is 5.15 Å². The van der Waals surface area contributed by atoms with Gasteiger partial charge in [0.15, 0.2) is 10.1 Å². The summed E-state index contributed by atoms with van der Waals surface area (Å²) in [5, 5.41) is 4.61. The van der Waals surface area contributed by atoms with Crippen molar-refractivity contribution in [2.45, 2.75) is 20.4 Å². The van der Waals surface area contributed by atoms with Crippen LogP contribution in [0.1, 0.15) is 16.3 Å². The van der Waals surface area contributed by atoms with Gasteiger partial charge < -0.3 is 0 Å². The van der Waals surface area contributed by atoms with E-state index >= 15 is 0 Å². The highest BCUT2D eigenvalue weighted by Gasteiger charge is 2.12. The van der Waals surface area contributed by atoms with Crippen molar-refractivity contribution in [1.29, 1.82) is 0 Å². The minimum absolute atomic E-state index is 0.0999. The molecule has 3 aromatic rings. The number of aryl methyl sites for hydroxylation is 2. The van der Waals surface area contributed by atoms with Crippen molar-refractivity contribution in [3.63, 3.8) is 0 Å². The highest BCUT2D eigenvalue weighted by molar-refractivity contribution is 9.10. The van der Waals surface area contributed by atoms with Gasteiger partial charge in [0.25, 0.3) is 5.56 Å². The Bertz CT molecular complexity index is 866. The van der Waals surface area contributed by atoms with E-state index in [-0.39, 0.29) is 5.56 Å². The Labute approximate surface area is 132 Å². The molecule has 0 fully saturated rings. The number of fused-ring (bicyclic) bond motifs is 1. The second-order valence-corrected chi connectivity index (χ2v) is 6.74. The lowest BCUT2D eigenvalue weighted by Crippen LogP contribution is -2.16. The fourth-order valence-corrected chi connectivity index (χ4v) is 3.79. The van der Waals surface area contributed by atoms with Crippen LogP contribution >= 0.6 is 38.9 Å². The van der Waals surface area contributed by atoms with Crippen molar-refractivity contribution in [1.82, 2.24) is 19.2 Å². The molecule has 0 atom stereocenters. The Morgan fingerprint density at radius 1 is 1.40 bits per heavy atom. The Morgan fingerprint density at radius 3 is 2.80 bits per heavy atom. The smallest absolute Gasteiger partial charge is 0.259 e. The number of nitrogens with zero attached hydrogens (tertiary/aromatic N) is 4. The largest absolute Gasteiger partial charge is 0.269 e. The molecule has 3 rings (SSSR count). The summed E-state index contributed by atoms with van der Waals surface area (Å²) in [5.74, 6) is 0. The standard InChI is InChI=1S/C12H10BrClN4OS/c1-6-3-9(14)16-17(6)5-8-4-10(19)18-11(13)7(2)20-12(18)15-8/h3-4H,5H2,1-2H3. The number of aromatic nitrogens is 4. The summed E-state index contributed by atoms with van der Waals surface area (Å²) < 4.78 is 4.06. The molecule has 0 aliphatic carbocycles. The molecule has 0 N–H and O–H groups in total. The Morgan fingerprint density at radius 2 is 2.15 bits per heavy atom. The molecule has 0 aliphatic rings. The topological polar surface area (TPSA) is 52.2 Å². The van der Waals surface area contributed by atoms with Crippen LogP contribution in [0.5, 0.6) is 0 Å². The fraction of sp³-hybridized carbons (Fsp3) is 0.250. The maximum Gasteiger partial charge on any atom is 0.259 e. The summed E-state index contributed by atoms with van der Waals surface area (Å²) in [6, 6.07) is 3.30. The van der Waals surface area contributed by atoms with Gasteiger partial charge in [-0.15, -0.1) is 11.3 Å². The van der Waals surface area contributed by atoms with Crippen LogP contribution in [0.4, 0.5) is 0 Å². The lowest BCUT2D eigenvalue weighted by atomic mass is 10.4. The number of hydrogen-bond acceptors (Lipinski definition) is 4. The van der Waals surface area contributed by atoms with E-state index in [1.54, 1.807) is 15.1 Å². The maximum absolute atomic E-state index is 12.2. The number of rotatable bonds is 2. The molecule has 0 aromatic carbocycles. The first kappa shape index (κ1) is 13.8. The Hall–Kier alpha value is -1.18. The molecule has 0 amide bonds. The molecule has 0 spiro atoms. The predicted octanol–water partition coefficient (Wildman–Crippen LogP) is 3.03. The van der Waals surface area contributed by atoms with Crippen molar-refractivity contribution in [2.24, 2.45) is 0 Å². The van der Waals surface area contributed by atoms with Crippen LogP contribution in [0, 0.1) is 13.8 Å². The van der Waals surface area contributed by atoms with E-state index in [1.807, 2.05) is 13.8 Å². The van der Waals surface area contributed by atoms with Gasteiger partial charge in [-0.05, 0) is 35.8 Å².